The number of carbonyl (C=O) groups is 1. The van der Waals surface area contributed by atoms with Crippen molar-refractivity contribution >= 4 is 45.6 Å². The van der Waals surface area contributed by atoms with Gasteiger partial charge in [0.1, 0.15) is 16.4 Å². The SMILES string of the molecule is CCn1c(S/C(=C\c2ccc3c(c2)c2ccccc2n3CC)C(=O)O)nnc1-c1cc(OC)cc(OC)c1. The van der Waals surface area contributed by atoms with E-state index in [1.54, 1.807) is 26.4 Å². The van der Waals surface area contributed by atoms with Crippen LogP contribution in [0, 0.1) is 0 Å². The fourth-order valence-electron chi connectivity index (χ4n) is 4.69. The third-order valence-electron chi connectivity index (χ3n) is 6.47. The molecule has 0 fully saturated rings. The van der Waals surface area contributed by atoms with Crippen molar-refractivity contribution in [1.82, 2.24) is 19.3 Å². The average molecular weight is 529 g/mol. The van der Waals surface area contributed by atoms with Crippen molar-refractivity contribution in [2.45, 2.75) is 32.1 Å². The summed E-state index contributed by atoms with van der Waals surface area (Å²) in [5, 5.41) is 21.5. The molecule has 5 aromatic rings. The number of ether oxygens (including phenoxy) is 2. The number of para-hydroxylation sites is 1. The number of hydrogen-bond donors (Lipinski definition) is 1. The van der Waals surface area contributed by atoms with Crippen LogP contribution in [0.5, 0.6) is 11.5 Å². The molecule has 2 aromatic heterocycles. The van der Waals surface area contributed by atoms with Crippen LogP contribution in [-0.2, 0) is 17.9 Å². The summed E-state index contributed by atoms with van der Waals surface area (Å²) >= 11 is 1.08. The molecule has 0 aliphatic carbocycles. The number of hydrogen-bond acceptors (Lipinski definition) is 6. The lowest BCUT2D eigenvalue weighted by Crippen LogP contribution is -2.03. The molecule has 38 heavy (non-hydrogen) atoms. The lowest BCUT2D eigenvalue weighted by Gasteiger charge is -2.10. The molecule has 0 bridgehead atoms. The molecule has 0 saturated carbocycles. The van der Waals surface area contributed by atoms with Crippen molar-refractivity contribution < 1.29 is 19.4 Å². The predicted molar refractivity (Wildman–Crippen MR) is 151 cm³/mol. The Kier molecular flexibility index (Phi) is 7.11. The second kappa shape index (κ2) is 10.6. The topological polar surface area (TPSA) is 91.4 Å². The molecule has 0 amide bonds. The lowest BCUT2D eigenvalue weighted by atomic mass is 10.1. The molecule has 9 heteroatoms. The van der Waals surface area contributed by atoms with Crippen LogP contribution in [0.4, 0.5) is 0 Å². The van der Waals surface area contributed by atoms with E-state index in [0.717, 1.165) is 51.2 Å². The van der Waals surface area contributed by atoms with E-state index in [0.29, 0.717) is 29.0 Å². The van der Waals surface area contributed by atoms with Gasteiger partial charge in [0.2, 0.25) is 0 Å². The van der Waals surface area contributed by atoms with Crippen molar-refractivity contribution in [3.05, 3.63) is 71.1 Å². The van der Waals surface area contributed by atoms with Gasteiger partial charge in [-0.3, -0.25) is 0 Å². The fourth-order valence-corrected chi connectivity index (χ4v) is 5.57. The van der Waals surface area contributed by atoms with Crippen LogP contribution in [-0.4, -0.2) is 44.6 Å². The Labute approximate surface area is 224 Å². The Morgan fingerprint density at radius 1 is 0.895 bits per heavy atom. The van der Waals surface area contributed by atoms with Gasteiger partial charge in [-0.1, -0.05) is 24.3 Å². The van der Waals surface area contributed by atoms with E-state index < -0.39 is 5.97 Å². The molecule has 0 aliphatic rings. The highest BCUT2D eigenvalue weighted by Gasteiger charge is 2.20. The molecule has 8 nitrogen and oxygen atoms in total. The van der Waals surface area contributed by atoms with E-state index in [9.17, 15) is 9.90 Å². The Balaban J connectivity index is 1.54. The first-order valence-corrected chi connectivity index (χ1v) is 13.1. The number of thioether (sulfide) groups is 1. The molecular formula is C29H28N4O4S. The minimum absolute atomic E-state index is 0.153. The van der Waals surface area contributed by atoms with Crippen LogP contribution >= 0.6 is 11.8 Å². The van der Waals surface area contributed by atoms with Gasteiger partial charge in [-0.15, -0.1) is 10.2 Å². The molecule has 3 aromatic carbocycles. The minimum Gasteiger partial charge on any atom is -0.497 e. The van der Waals surface area contributed by atoms with Gasteiger partial charge in [0.15, 0.2) is 11.0 Å². The summed E-state index contributed by atoms with van der Waals surface area (Å²) in [7, 11) is 3.18. The van der Waals surface area contributed by atoms with Crippen LogP contribution in [0.15, 0.2) is 70.7 Å². The van der Waals surface area contributed by atoms with Crippen LogP contribution < -0.4 is 9.47 Å². The summed E-state index contributed by atoms with van der Waals surface area (Å²) in [5.41, 5.74) is 3.86. The van der Waals surface area contributed by atoms with E-state index in [2.05, 4.69) is 39.9 Å². The van der Waals surface area contributed by atoms with E-state index in [4.69, 9.17) is 9.47 Å². The fraction of sp³-hybridized carbons (Fsp3) is 0.207. The summed E-state index contributed by atoms with van der Waals surface area (Å²) < 4.78 is 14.9. The van der Waals surface area contributed by atoms with Crippen LogP contribution in [0.2, 0.25) is 0 Å². The third-order valence-corrected chi connectivity index (χ3v) is 7.46. The molecule has 0 atom stereocenters. The number of fused-ring (bicyclic) bond motifs is 3. The van der Waals surface area contributed by atoms with Gasteiger partial charge >= 0.3 is 5.97 Å². The van der Waals surface area contributed by atoms with Gasteiger partial charge in [0.25, 0.3) is 0 Å². The van der Waals surface area contributed by atoms with Crippen molar-refractivity contribution in [3.63, 3.8) is 0 Å². The summed E-state index contributed by atoms with van der Waals surface area (Å²) in [6, 6.07) is 19.8. The summed E-state index contributed by atoms with van der Waals surface area (Å²) in [5.74, 6) is 0.836. The average Bonchev–Trinajstić information content (AvgIpc) is 3.50. The Hall–Kier alpha value is -4.24. The minimum atomic E-state index is -1.03. The van der Waals surface area contributed by atoms with Crippen molar-refractivity contribution in [3.8, 4) is 22.9 Å². The highest BCUT2D eigenvalue weighted by Crippen LogP contribution is 2.35. The second-order valence-corrected chi connectivity index (χ2v) is 9.61. The van der Waals surface area contributed by atoms with E-state index >= 15 is 0 Å². The van der Waals surface area contributed by atoms with Gasteiger partial charge in [-0.2, -0.15) is 0 Å². The predicted octanol–water partition coefficient (Wildman–Crippen LogP) is 6.33. The van der Waals surface area contributed by atoms with E-state index in [1.165, 1.54) is 0 Å². The van der Waals surface area contributed by atoms with Gasteiger partial charge in [0, 0.05) is 46.5 Å². The van der Waals surface area contributed by atoms with Crippen LogP contribution in [0.3, 0.4) is 0 Å². The number of nitrogens with zero attached hydrogens (tertiary/aromatic N) is 4. The smallest absolute Gasteiger partial charge is 0.342 e. The van der Waals surface area contributed by atoms with E-state index in [-0.39, 0.29) is 4.91 Å². The molecule has 0 aliphatic heterocycles. The number of rotatable bonds is 9. The Bertz CT molecular complexity index is 1660. The maximum Gasteiger partial charge on any atom is 0.342 e. The van der Waals surface area contributed by atoms with Gasteiger partial charge in [0.05, 0.1) is 14.2 Å². The van der Waals surface area contributed by atoms with Crippen molar-refractivity contribution in [1.29, 1.82) is 0 Å². The monoisotopic (exact) mass is 528 g/mol. The number of methoxy groups -OCH3 is 2. The first kappa shape index (κ1) is 25.4. The number of aromatic nitrogens is 4. The molecule has 0 saturated heterocycles. The first-order chi connectivity index (χ1) is 18.5. The second-order valence-electron chi connectivity index (χ2n) is 8.61. The lowest BCUT2D eigenvalue weighted by molar-refractivity contribution is -0.131. The number of benzene rings is 3. The van der Waals surface area contributed by atoms with Crippen LogP contribution in [0.1, 0.15) is 19.4 Å². The highest BCUT2D eigenvalue weighted by atomic mass is 32.2. The van der Waals surface area contributed by atoms with Crippen LogP contribution in [0.25, 0.3) is 39.3 Å². The maximum absolute atomic E-state index is 12.3. The van der Waals surface area contributed by atoms with Gasteiger partial charge < -0.3 is 23.7 Å². The molecular weight excluding hydrogens is 500 g/mol. The largest absolute Gasteiger partial charge is 0.497 e. The molecule has 194 valence electrons. The summed E-state index contributed by atoms with van der Waals surface area (Å²) in [6.07, 6.45) is 1.69. The standard InChI is InChI=1S/C29H28N4O4S/c1-5-32-24-10-8-7-9-22(24)23-13-18(11-12-25(23)32)14-26(28(34)35)38-29-31-30-27(33(29)6-2)19-15-20(36-3)17-21(16-19)37-4/h7-17H,5-6H2,1-4H3,(H,34,35)/b26-14-. The van der Waals surface area contributed by atoms with Crippen molar-refractivity contribution in [2.75, 3.05) is 14.2 Å². The molecule has 5 rings (SSSR count). The zero-order valence-electron chi connectivity index (χ0n) is 21.6. The Morgan fingerprint density at radius 2 is 1.58 bits per heavy atom. The number of carboxylic acid groups (broad SMARTS) is 1. The zero-order valence-corrected chi connectivity index (χ0v) is 22.5. The summed E-state index contributed by atoms with van der Waals surface area (Å²) in [6.45, 7) is 5.50. The summed E-state index contributed by atoms with van der Waals surface area (Å²) in [4.78, 5) is 12.4. The van der Waals surface area contributed by atoms with Gasteiger partial charge in [-0.05, 0) is 67.6 Å². The number of carboxylic acids is 1. The number of aliphatic carboxylic acids is 1. The van der Waals surface area contributed by atoms with Crippen molar-refractivity contribution in [2.24, 2.45) is 0 Å². The quantitative estimate of drug-likeness (QED) is 0.177. The molecule has 1 N–H and O–H groups in total. The molecule has 0 unspecified atom stereocenters. The molecule has 0 radical (unpaired) electrons. The third kappa shape index (κ3) is 4.61. The zero-order chi connectivity index (χ0) is 26.8. The molecule has 0 spiro atoms. The van der Waals surface area contributed by atoms with Gasteiger partial charge in [-0.25, -0.2) is 4.79 Å². The van der Waals surface area contributed by atoms with E-state index in [1.807, 2.05) is 47.9 Å². The highest BCUT2D eigenvalue weighted by molar-refractivity contribution is 8.04. The number of aryl methyl sites for hydroxylation is 1. The Morgan fingerprint density at radius 3 is 2.24 bits per heavy atom. The molecule has 2 heterocycles. The maximum atomic E-state index is 12.3. The first-order valence-electron chi connectivity index (χ1n) is 12.3. The normalized spacial score (nSPS) is 11.8.